The first-order valence-electron chi connectivity index (χ1n) is 4.49. The number of fused-ring (bicyclic) bond motifs is 3. The second-order valence-electron chi connectivity index (χ2n) is 3.18. The van der Waals surface area contributed by atoms with Gasteiger partial charge in [-0.3, -0.25) is 0 Å². The fourth-order valence-electron chi connectivity index (χ4n) is 1.65. The standard InChI is InChI=1S/C10H8N4O/c11-13-10-9-7(5-12-14-10)6-3-1-2-4-8(6)15-9/h1-5H,11H2,(H,13,14). The Bertz CT molecular complexity index is 631. The Balaban J connectivity index is 2.53. The van der Waals surface area contributed by atoms with Crippen molar-refractivity contribution >= 4 is 27.8 Å². The molecule has 0 radical (unpaired) electrons. The third-order valence-electron chi connectivity index (χ3n) is 2.33. The van der Waals surface area contributed by atoms with E-state index < -0.39 is 0 Å². The first kappa shape index (κ1) is 8.19. The van der Waals surface area contributed by atoms with Gasteiger partial charge in [-0.05, 0) is 6.07 Å². The summed E-state index contributed by atoms with van der Waals surface area (Å²) in [5.74, 6) is 5.77. The summed E-state index contributed by atoms with van der Waals surface area (Å²) in [4.78, 5) is 0. The lowest BCUT2D eigenvalue weighted by Gasteiger charge is -1.95. The van der Waals surface area contributed by atoms with Gasteiger partial charge in [0, 0.05) is 5.39 Å². The molecule has 0 spiro atoms. The van der Waals surface area contributed by atoms with Gasteiger partial charge in [-0.25, -0.2) is 5.84 Å². The maximum Gasteiger partial charge on any atom is 0.206 e. The van der Waals surface area contributed by atoms with Crippen LogP contribution in [0.4, 0.5) is 5.82 Å². The van der Waals surface area contributed by atoms with Gasteiger partial charge in [0.25, 0.3) is 0 Å². The molecule has 3 aromatic rings. The van der Waals surface area contributed by atoms with Crippen molar-refractivity contribution in [1.82, 2.24) is 10.2 Å². The van der Waals surface area contributed by atoms with Crippen LogP contribution in [-0.4, -0.2) is 10.2 Å². The Labute approximate surface area is 84.9 Å². The monoisotopic (exact) mass is 200 g/mol. The molecule has 5 nitrogen and oxygen atoms in total. The highest BCUT2D eigenvalue weighted by molar-refractivity contribution is 6.07. The Morgan fingerprint density at radius 2 is 2.07 bits per heavy atom. The van der Waals surface area contributed by atoms with Gasteiger partial charge in [-0.2, -0.15) is 5.10 Å². The number of hydrogen-bond acceptors (Lipinski definition) is 5. The summed E-state index contributed by atoms with van der Waals surface area (Å²) in [6.45, 7) is 0. The van der Waals surface area contributed by atoms with Crippen LogP contribution in [0, 0.1) is 0 Å². The average molecular weight is 200 g/mol. The minimum absolute atomic E-state index is 0.448. The van der Waals surface area contributed by atoms with Gasteiger partial charge in [0.15, 0.2) is 5.58 Å². The summed E-state index contributed by atoms with van der Waals surface area (Å²) >= 11 is 0. The predicted octanol–water partition coefficient (Wildman–Crippen LogP) is 1.66. The average Bonchev–Trinajstić information content (AvgIpc) is 2.67. The van der Waals surface area contributed by atoms with Gasteiger partial charge in [0.1, 0.15) is 5.58 Å². The largest absolute Gasteiger partial charge is 0.452 e. The van der Waals surface area contributed by atoms with Crippen molar-refractivity contribution in [3.63, 3.8) is 0 Å². The highest BCUT2D eigenvalue weighted by Gasteiger charge is 2.10. The number of aromatic nitrogens is 2. The van der Waals surface area contributed by atoms with Crippen molar-refractivity contribution in [2.45, 2.75) is 0 Å². The molecule has 0 unspecified atom stereocenters. The number of para-hydroxylation sites is 1. The van der Waals surface area contributed by atoms with Crippen molar-refractivity contribution in [1.29, 1.82) is 0 Å². The van der Waals surface area contributed by atoms with Gasteiger partial charge >= 0.3 is 0 Å². The summed E-state index contributed by atoms with van der Waals surface area (Å²) in [6.07, 6.45) is 1.67. The van der Waals surface area contributed by atoms with Crippen LogP contribution in [0.1, 0.15) is 0 Å². The second kappa shape index (κ2) is 2.93. The molecule has 0 fully saturated rings. The van der Waals surface area contributed by atoms with Gasteiger partial charge in [-0.15, -0.1) is 5.10 Å². The molecule has 74 valence electrons. The lowest BCUT2D eigenvalue weighted by molar-refractivity contribution is 0.666. The highest BCUT2D eigenvalue weighted by Crippen LogP contribution is 2.30. The summed E-state index contributed by atoms with van der Waals surface area (Å²) in [7, 11) is 0. The molecular weight excluding hydrogens is 192 g/mol. The predicted molar refractivity (Wildman–Crippen MR) is 57.1 cm³/mol. The number of rotatable bonds is 1. The minimum Gasteiger partial charge on any atom is -0.452 e. The van der Waals surface area contributed by atoms with E-state index in [9.17, 15) is 0 Å². The zero-order chi connectivity index (χ0) is 10.3. The molecule has 0 atom stereocenters. The Kier molecular flexibility index (Phi) is 1.60. The molecular formula is C10H8N4O. The first-order valence-corrected chi connectivity index (χ1v) is 4.49. The van der Waals surface area contributed by atoms with Crippen molar-refractivity contribution < 1.29 is 4.42 Å². The summed E-state index contributed by atoms with van der Waals surface area (Å²) < 4.78 is 5.63. The fraction of sp³-hybridized carbons (Fsp3) is 0. The molecule has 0 saturated carbocycles. The number of anilines is 1. The van der Waals surface area contributed by atoms with E-state index in [2.05, 4.69) is 15.6 Å². The molecule has 15 heavy (non-hydrogen) atoms. The van der Waals surface area contributed by atoms with Crippen LogP contribution in [-0.2, 0) is 0 Å². The fourth-order valence-corrected chi connectivity index (χ4v) is 1.65. The minimum atomic E-state index is 0.448. The highest BCUT2D eigenvalue weighted by atomic mass is 16.3. The van der Waals surface area contributed by atoms with Gasteiger partial charge in [-0.1, -0.05) is 18.2 Å². The van der Waals surface area contributed by atoms with Gasteiger partial charge in [0.05, 0.1) is 11.6 Å². The third-order valence-corrected chi connectivity index (χ3v) is 2.33. The maximum atomic E-state index is 5.63. The van der Waals surface area contributed by atoms with Crippen molar-refractivity contribution in [2.75, 3.05) is 5.43 Å². The van der Waals surface area contributed by atoms with Crippen LogP contribution in [0.3, 0.4) is 0 Å². The third kappa shape index (κ3) is 1.07. The molecule has 3 N–H and O–H groups in total. The SMILES string of the molecule is NNc1nncc2c1oc1ccccc12. The Morgan fingerprint density at radius 1 is 1.20 bits per heavy atom. The topological polar surface area (TPSA) is 77.0 Å². The number of nitrogen functional groups attached to an aromatic ring is 1. The summed E-state index contributed by atoms with van der Waals surface area (Å²) in [6, 6.07) is 7.74. The second-order valence-corrected chi connectivity index (χ2v) is 3.18. The van der Waals surface area contributed by atoms with Gasteiger partial charge in [0.2, 0.25) is 5.82 Å². The molecule has 3 rings (SSSR count). The van der Waals surface area contributed by atoms with E-state index in [0.29, 0.717) is 11.4 Å². The van der Waals surface area contributed by atoms with E-state index in [1.165, 1.54) is 0 Å². The van der Waals surface area contributed by atoms with Crippen LogP contribution in [0.15, 0.2) is 34.9 Å². The van der Waals surface area contributed by atoms with Crippen LogP contribution < -0.4 is 11.3 Å². The van der Waals surface area contributed by atoms with E-state index in [-0.39, 0.29) is 0 Å². The zero-order valence-corrected chi connectivity index (χ0v) is 7.77. The zero-order valence-electron chi connectivity index (χ0n) is 7.77. The summed E-state index contributed by atoms with van der Waals surface area (Å²) in [5.41, 5.74) is 3.90. The van der Waals surface area contributed by atoms with Crippen LogP contribution in [0.2, 0.25) is 0 Å². The van der Waals surface area contributed by atoms with Crippen molar-refractivity contribution in [3.05, 3.63) is 30.5 Å². The molecule has 5 heteroatoms. The number of nitrogens with two attached hydrogens (primary N) is 1. The van der Waals surface area contributed by atoms with E-state index in [1.807, 2.05) is 24.3 Å². The molecule has 0 aliphatic rings. The van der Waals surface area contributed by atoms with E-state index in [4.69, 9.17) is 10.3 Å². The van der Waals surface area contributed by atoms with E-state index in [1.54, 1.807) is 6.20 Å². The number of hydrazine groups is 1. The molecule has 1 aromatic carbocycles. The van der Waals surface area contributed by atoms with Crippen molar-refractivity contribution in [3.8, 4) is 0 Å². The molecule has 0 bridgehead atoms. The van der Waals surface area contributed by atoms with E-state index >= 15 is 0 Å². The maximum absolute atomic E-state index is 5.63. The molecule has 0 aliphatic heterocycles. The van der Waals surface area contributed by atoms with Crippen LogP contribution >= 0.6 is 0 Å². The Hall–Kier alpha value is -2.14. The summed E-state index contributed by atoms with van der Waals surface area (Å²) in [5, 5.41) is 9.62. The lowest BCUT2D eigenvalue weighted by atomic mass is 10.2. The van der Waals surface area contributed by atoms with Gasteiger partial charge < -0.3 is 9.84 Å². The van der Waals surface area contributed by atoms with Crippen LogP contribution in [0.25, 0.3) is 21.9 Å². The normalized spacial score (nSPS) is 11.0. The molecule has 0 aliphatic carbocycles. The van der Waals surface area contributed by atoms with E-state index in [0.717, 1.165) is 16.4 Å². The van der Waals surface area contributed by atoms with Crippen LogP contribution in [0.5, 0.6) is 0 Å². The molecule has 2 aromatic heterocycles. The smallest absolute Gasteiger partial charge is 0.206 e. The molecule has 2 heterocycles. The molecule has 0 amide bonds. The number of nitrogens with zero attached hydrogens (tertiary/aromatic N) is 2. The molecule has 0 saturated heterocycles. The number of nitrogens with one attached hydrogen (secondary N) is 1. The number of hydrogen-bond donors (Lipinski definition) is 2. The Morgan fingerprint density at radius 3 is 2.93 bits per heavy atom. The number of benzene rings is 1. The quantitative estimate of drug-likeness (QED) is 0.461. The van der Waals surface area contributed by atoms with Crippen molar-refractivity contribution in [2.24, 2.45) is 5.84 Å². The number of furan rings is 1. The lowest BCUT2D eigenvalue weighted by Crippen LogP contribution is -2.09. The first-order chi connectivity index (χ1) is 7.40.